The Kier molecular flexibility index (Phi) is 6.37. The van der Waals surface area contributed by atoms with E-state index in [1.165, 1.54) is 28.4 Å². The van der Waals surface area contributed by atoms with Crippen molar-refractivity contribution in [2.45, 2.75) is 19.1 Å². The molecule has 1 aromatic carbocycles. The molecule has 0 spiro atoms. The second-order valence-electron chi connectivity index (χ2n) is 5.23. The molecule has 0 saturated carbocycles. The number of nitrogens with one attached hydrogen (secondary N) is 1. The molecule has 8 nitrogen and oxygen atoms in total. The summed E-state index contributed by atoms with van der Waals surface area (Å²) in [6, 6.07) is 6.71. The first-order chi connectivity index (χ1) is 12.0. The first-order valence-electron chi connectivity index (χ1n) is 7.60. The van der Waals surface area contributed by atoms with Gasteiger partial charge in [-0.15, -0.1) is 0 Å². The first-order valence-corrected chi connectivity index (χ1v) is 7.60. The Morgan fingerprint density at radius 1 is 1.12 bits per heavy atom. The summed E-state index contributed by atoms with van der Waals surface area (Å²) in [5, 5.41) is 6.54. The van der Waals surface area contributed by atoms with Gasteiger partial charge in [-0.2, -0.15) is 0 Å². The molecule has 1 amide bonds. The van der Waals surface area contributed by atoms with Crippen molar-refractivity contribution in [1.29, 1.82) is 0 Å². The Hall–Kier alpha value is -2.58. The van der Waals surface area contributed by atoms with E-state index in [0.29, 0.717) is 17.3 Å². The van der Waals surface area contributed by atoms with E-state index >= 15 is 0 Å². The normalized spacial score (nSPS) is 12.1. The van der Waals surface area contributed by atoms with Crippen molar-refractivity contribution in [2.75, 3.05) is 33.8 Å². The number of methoxy groups -OCH3 is 4. The highest BCUT2D eigenvalue weighted by Crippen LogP contribution is 2.29. The summed E-state index contributed by atoms with van der Waals surface area (Å²) in [5.41, 5.74) is 0.275. The molecule has 1 atom stereocenters. The van der Waals surface area contributed by atoms with Crippen LogP contribution in [-0.2, 0) is 9.47 Å². The number of nitrogens with zero attached hydrogens (tertiary/aromatic N) is 1. The third-order valence-electron chi connectivity index (χ3n) is 3.75. The third kappa shape index (κ3) is 4.09. The fourth-order valence-corrected chi connectivity index (χ4v) is 2.46. The predicted octanol–water partition coefficient (Wildman–Crippen LogP) is 2.67. The summed E-state index contributed by atoms with van der Waals surface area (Å²) in [4.78, 5) is 12.6. The van der Waals surface area contributed by atoms with E-state index in [1.807, 2.05) is 6.92 Å². The molecule has 8 heteroatoms. The number of benzene rings is 1. The van der Waals surface area contributed by atoms with Gasteiger partial charge in [0.15, 0.2) is 12.1 Å². The monoisotopic (exact) mass is 350 g/mol. The Labute approximate surface area is 146 Å². The summed E-state index contributed by atoms with van der Waals surface area (Å²) < 4.78 is 26.2. The zero-order chi connectivity index (χ0) is 18.4. The summed E-state index contributed by atoms with van der Waals surface area (Å²) in [7, 11) is 6.05. The van der Waals surface area contributed by atoms with Gasteiger partial charge >= 0.3 is 0 Å². The summed E-state index contributed by atoms with van der Waals surface area (Å²) >= 11 is 0. The molecule has 1 N–H and O–H groups in total. The fraction of sp³-hybridized carbons (Fsp3) is 0.412. The average Bonchev–Trinajstić information content (AvgIpc) is 3.10. The van der Waals surface area contributed by atoms with Crippen molar-refractivity contribution in [2.24, 2.45) is 0 Å². The molecular weight excluding hydrogens is 328 g/mol. The number of amides is 1. The number of anilines is 1. The maximum Gasteiger partial charge on any atom is 0.264 e. The van der Waals surface area contributed by atoms with Crippen LogP contribution >= 0.6 is 0 Å². The highest BCUT2D eigenvalue weighted by atomic mass is 16.7. The highest BCUT2D eigenvalue weighted by molar-refractivity contribution is 6.07. The predicted molar refractivity (Wildman–Crippen MR) is 90.2 cm³/mol. The lowest BCUT2D eigenvalue weighted by Gasteiger charge is -2.18. The van der Waals surface area contributed by atoms with E-state index < -0.39 is 12.2 Å². The van der Waals surface area contributed by atoms with Crippen molar-refractivity contribution in [3.8, 4) is 11.5 Å². The summed E-state index contributed by atoms with van der Waals surface area (Å²) in [6.45, 7) is 1.87. The quantitative estimate of drug-likeness (QED) is 0.732. The van der Waals surface area contributed by atoms with Gasteiger partial charge < -0.3 is 28.8 Å². The van der Waals surface area contributed by atoms with Crippen LogP contribution in [0.4, 0.5) is 5.82 Å². The maximum atomic E-state index is 12.6. The maximum absolute atomic E-state index is 12.6. The number of hydrogen-bond donors (Lipinski definition) is 1. The fourth-order valence-electron chi connectivity index (χ4n) is 2.46. The molecule has 2 aromatic rings. The molecule has 0 aliphatic carbocycles. The molecule has 2 rings (SSSR count). The lowest BCUT2D eigenvalue weighted by molar-refractivity contribution is -0.118. The van der Waals surface area contributed by atoms with Gasteiger partial charge in [0, 0.05) is 20.3 Å². The molecule has 0 saturated heterocycles. The van der Waals surface area contributed by atoms with Crippen LogP contribution in [0.25, 0.3) is 0 Å². The van der Waals surface area contributed by atoms with Gasteiger partial charge in [0.05, 0.1) is 20.1 Å². The van der Waals surface area contributed by atoms with Crippen LogP contribution in [0.1, 0.15) is 29.0 Å². The van der Waals surface area contributed by atoms with Crippen LogP contribution in [0.2, 0.25) is 0 Å². The van der Waals surface area contributed by atoms with Gasteiger partial charge in [0.2, 0.25) is 0 Å². The minimum atomic E-state index is -0.481. The first kappa shape index (κ1) is 18.8. The number of carbonyl (C=O) groups excluding carboxylic acids is 1. The summed E-state index contributed by atoms with van der Waals surface area (Å²) in [6.07, 6.45) is -0.481. The smallest absolute Gasteiger partial charge is 0.264 e. The zero-order valence-electron chi connectivity index (χ0n) is 14.9. The number of rotatable bonds is 8. The molecule has 0 fully saturated rings. The molecule has 25 heavy (non-hydrogen) atoms. The lowest BCUT2D eigenvalue weighted by Crippen LogP contribution is -2.20. The molecule has 1 heterocycles. The van der Waals surface area contributed by atoms with Crippen LogP contribution in [-0.4, -0.2) is 45.8 Å². The Morgan fingerprint density at radius 2 is 1.72 bits per heavy atom. The van der Waals surface area contributed by atoms with E-state index in [9.17, 15) is 4.79 Å². The van der Waals surface area contributed by atoms with Crippen LogP contribution < -0.4 is 14.8 Å². The SMILES string of the molecule is COc1cccc(OC)c1C(=O)Nc1cc(C(C)C(OC)OC)on1. The van der Waals surface area contributed by atoms with Crippen molar-refractivity contribution in [3.05, 3.63) is 35.6 Å². The molecule has 136 valence electrons. The van der Waals surface area contributed by atoms with Crippen LogP contribution in [0.3, 0.4) is 0 Å². The van der Waals surface area contributed by atoms with Crippen molar-refractivity contribution < 1.29 is 28.3 Å². The van der Waals surface area contributed by atoms with Gasteiger partial charge in [0.25, 0.3) is 5.91 Å². The van der Waals surface area contributed by atoms with Gasteiger partial charge in [-0.3, -0.25) is 4.79 Å². The van der Waals surface area contributed by atoms with E-state index in [2.05, 4.69) is 10.5 Å². The van der Waals surface area contributed by atoms with Gasteiger partial charge in [-0.25, -0.2) is 0 Å². The van der Waals surface area contributed by atoms with Crippen LogP contribution in [0, 0.1) is 0 Å². The molecule has 0 bridgehead atoms. The second kappa shape index (κ2) is 8.50. The lowest BCUT2D eigenvalue weighted by atomic mass is 10.1. The number of carbonyl (C=O) groups is 1. The Morgan fingerprint density at radius 3 is 2.24 bits per heavy atom. The minimum Gasteiger partial charge on any atom is -0.496 e. The van der Waals surface area contributed by atoms with Crippen LogP contribution in [0.5, 0.6) is 11.5 Å². The topological polar surface area (TPSA) is 92.1 Å². The van der Waals surface area contributed by atoms with Gasteiger partial charge in [-0.05, 0) is 12.1 Å². The average molecular weight is 350 g/mol. The highest BCUT2D eigenvalue weighted by Gasteiger charge is 2.24. The summed E-state index contributed by atoms with van der Waals surface area (Å²) in [5.74, 6) is 0.966. The van der Waals surface area contributed by atoms with E-state index in [4.69, 9.17) is 23.5 Å². The molecule has 1 aromatic heterocycles. The third-order valence-corrected chi connectivity index (χ3v) is 3.75. The molecule has 1 unspecified atom stereocenters. The van der Waals surface area contributed by atoms with Crippen molar-refractivity contribution in [3.63, 3.8) is 0 Å². The van der Waals surface area contributed by atoms with E-state index in [-0.39, 0.29) is 17.3 Å². The minimum absolute atomic E-state index is 0.200. The number of hydrogen-bond acceptors (Lipinski definition) is 7. The van der Waals surface area contributed by atoms with E-state index in [1.54, 1.807) is 24.3 Å². The van der Waals surface area contributed by atoms with Crippen LogP contribution in [0.15, 0.2) is 28.8 Å². The molecule has 0 aliphatic rings. The molecule has 0 radical (unpaired) electrons. The molecule has 0 aliphatic heterocycles. The second-order valence-corrected chi connectivity index (χ2v) is 5.23. The Balaban J connectivity index is 2.20. The van der Waals surface area contributed by atoms with Gasteiger partial charge in [0.1, 0.15) is 22.8 Å². The zero-order valence-corrected chi connectivity index (χ0v) is 14.9. The number of aromatic nitrogens is 1. The molecular formula is C17H22N2O6. The van der Waals surface area contributed by atoms with Crippen molar-refractivity contribution in [1.82, 2.24) is 5.16 Å². The van der Waals surface area contributed by atoms with Gasteiger partial charge in [-0.1, -0.05) is 18.1 Å². The number of ether oxygens (including phenoxy) is 4. The largest absolute Gasteiger partial charge is 0.496 e. The van der Waals surface area contributed by atoms with Crippen molar-refractivity contribution >= 4 is 11.7 Å². The standard InChI is InChI=1S/C17H22N2O6/c1-10(17(23-4)24-5)13-9-14(19-25-13)18-16(20)15-11(21-2)7-6-8-12(15)22-3/h6-10,17H,1-5H3,(H,18,19,20). The van der Waals surface area contributed by atoms with E-state index in [0.717, 1.165) is 0 Å². The Bertz CT molecular complexity index is 689.